The third-order valence-corrected chi connectivity index (χ3v) is 5.89. The largest absolute Gasteiger partial charge is 0.493 e. The molecular formula is C24H16Br2N2O6. The number of rotatable bonds is 7. The van der Waals surface area contributed by atoms with Crippen LogP contribution in [0.3, 0.4) is 0 Å². The number of hydrogen-bond donors (Lipinski definition) is 0. The van der Waals surface area contributed by atoms with Gasteiger partial charge < -0.3 is 14.2 Å². The lowest BCUT2D eigenvalue weighted by atomic mass is 10.1. The smallest absolute Gasteiger partial charge is 0.363 e. The summed E-state index contributed by atoms with van der Waals surface area (Å²) >= 11 is 6.84. The highest BCUT2D eigenvalue weighted by molar-refractivity contribution is 9.10. The van der Waals surface area contributed by atoms with E-state index >= 15 is 0 Å². The van der Waals surface area contributed by atoms with Gasteiger partial charge in [0, 0.05) is 22.2 Å². The van der Waals surface area contributed by atoms with E-state index in [2.05, 4.69) is 36.9 Å². The number of non-ortho nitro benzene ring substituents is 1. The zero-order valence-corrected chi connectivity index (χ0v) is 20.8. The molecule has 0 bridgehead atoms. The average molecular weight is 588 g/mol. The molecule has 0 aromatic heterocycles. The van der Waals surface area contributed by atoms with Crippen LogP contribution in [0.2, 0.25) is 0 Å². The standard InChI is InChI=1S/C24H16Br2N2O6/c1-32-21-12-15(11-20-24(29)34-23(27-20)16-5-7-17(25)8-6-16)10-19(26)22(21)33-13-14-3-2-4-18(9-14)28(30)31/h2-12H,13H2,1H3/b20-11-. The second-order valence-electron chi connectivity index (χ2n) is 7.09. The van der Waals surface area contributed by atoms with Crippen LogP contribution in [0.4, 0.5) is 5.69 Å². The zero-order chi connectivity index (χ0) is 24.2. The quantitative estimate of drug-likeness (QED) is 0.144. The first-order chi connectivity index (χ1) is 16.3. The summed E-state index contributed by atoms with van der Waals surface area (Å²) in [6.07, 6.45) is 1.59. The SMILES string of the molecule is COc1cc(/C=C2\N=C(c3ccc(Br)cc3)OC2=O)cc(Br)c1OCc1cccc([N+](=O)[O-])c1. The van der Waals surface area contributed by atoms with Crippen molar-refractivity contribution in [2.45, 2.75) is 6.61 Å². The molecule has 1 aliphatic rings. The van der Waals surface area contributed by atoms with Gasteiger partial charge >= 0.3 is 5.97 Å². The molecule has 0 spiro atoms. The number of aliphatic imine (C=N–C) groups is 1. The number of esters is 1. The molecule has 0 amide bonds. The van der Waals surface area contributed by atoms with Crippen LogP contribution >= 0.6 is 31.9 Å². The average Bonchev–Trinajstić information content (AvgIpc) is 3.18. The third kappa shape index (κ3) is 5.35. The van der Waals surface area contributed by atoms with E-state index in [1.807, 2.05) is 12.1 Å². The Kier molecular flexibility index (Phi) is 7.09. The lowest BCUT2D eigenvalue weighted by Crippen LogP contribution is -2.05. The number of carbonyl (C=O) groups excluding carboxylic acids is 1. The van der Waals surface area contributed by atoms with Gasteiger partial charge in [-0.1, -0.05) is 28.1 Å². The predicted octanol–water partition coefficient (Wildman–Crippen LogP) is 6.05. The van der Waals surface area contributed by atoms with Gasteiger partial charge in [0.15, 0.2) is 17.2 Å². The Morgan fingerprint density at radius 2 is 1.88 bits per heavy atom. The molecule has 0 atom stereocenters. The van der Waals surface area contributed by atoms with E-state index in [0.29, 0.717) is 32.7 Å². The van der Waals surface area contributed by atoms with Crippen molar-refractivity contribution in [3.05, 3.63) is 102 Å². The molecule has 0 N–H and O–H groups in total. The van der Waals surface area contributed by atoms with Gasteiger partial charge in [0.1, 0.15) is 6.61 Å². The number of nitro groups is 1. The highest BCUT2D eigenvalue weighted by Gasteiger charge is 2.24. The molecular weight excluding hydrogens is 572 g/mol. The monoisotopic (exact) mass is 586 g/mol. The molecule has 1 heterocycles. The van der Waals surface area contributed by atoms with Gasteiger partial charge in [-0.05, 0) is 69.5 Å². The van der Waals surface area contributed by atoms with Crippen molar-refractivity contribution >= 4 is 55.5 Å². The van der Waals surface area contributed by atoms with Gasteiger partial charge in [-0.25, -0.2) is 9.79 Å². The highest BCUT2D eigenvalue weighted by atomic mass is 79.9. The topological polar surface area (TPSA) is 100 Å². The van der Waals surface area contributed by atoms with Crippen LogP contribution in [-0.2, 0) is 16.1 Å². The fraction of sp³-hybridized carbons (Fsp3) is 0.0833. The molecule has 0 radical (unpaired) electrons. The van der Waals surface area contributed by atoms with Gasteiger partial charge in [0.05, 0.1) is 16.5 Å². The molecule has 0 fully saturated rings. The molecule has 3 aromatic rings. The van der Waals surface area contributed by atoms with E-state index in [1.165, 1.54) is 19.2 Å². The molecule has 1 aliphatic heterocycles. The lowest BCUT2D eigenvalue weighted by molar-refractivity contribution is -0.384. The molecule has 8 nitrogen and oxygen atoms in total. The maximum absolute atomic E-state index is 12.3. The maximum Gasteiger partial charge on any atom is 0.363 e. The Morgan fingerprint density at radius 3 is 2.59 bits per heavy atom. The highest BCUT2D eigenvalue weighted by Crippen LogP contribution is 2.38. The normalized spacial score (nSPS) is 14.0. The van der Waals surface area contributed by atoms with E-state index in [-0.39, 0.29) is 23.9 Å². The second-order valence-corrected chi connectivity index (χ2v) is 8.86. The Balaban J connectivity index is 1.57. The summed E-state index contributed by atoms with van der Waals surface area (Å²) in [6, 6.07) is 16.9. The van der Waals surface area contributed by atoms with Crippen molar-refractivity contribution in [2.75, 3.05) is 7.11 Å². The Hall–Kier alpha value is -3.50. The first kappa shape index (κ1) is 23.7. The molecule has 0 saturated heterocycles. The van der Waals surface area contributed by atoms with Gasteiger partial charge in [-0.15, -0.1) is 0 Å². The van der Waals surface area contributed by atoms with Crippen molar-refractivity contribution in [1.82, 2.24) is 0 Å². The second kappa shape index (κ2) is 10.2. The summed E-state index contributed by atoms with van der Waals surface area (Å²) < 4.78 is 18.1. The summed E-state index contributed by atoms with van der Waals surface area (Å²) in [5, 5.41) is 11.0. The van der Waals surface area contributed by atoms with Crippen molar-refractivity contribution in [2.24, 2.45) is 4.99 Å². The molecule has 34 heavy (non-hydrogen) atoms. The first-order valence-corrected chi connectivity index (χ1v) is 11.4. The van der Waals surface area contributed by atoms with Crippen LogP contribution in [0.25, 0.3) is 6.08 Å². The van der Waals surface area contributed by atoms with Crippen molar-refractivity contribution < 1.29 is 23.9 Å². The number of carbonyl (C=O) groups is 1. The molecule has 3 aromatic carbocycles. The summed E-state index contributed by atoms with van der Waals surface area (Å²) in [7, 11) is 1.49. The third-order valence-electron chi connectivity index (χ3n) is 4.77. The Morgan fingerprint density at radius 1 is 1.12 bits per heavy atom. The summed E-state index contributed by atoms with van der Waals surface area (Å²) in [4.78, 5) is 27.2. The van der Waals surface area contributed by atoms with Gasteiger partial charge in [-0.2, -0.15) is 0 Å². The molecule has 0 aliphatic carbocycles. The minimum atomic E-state index is -0.556. The Labute approximate surface area is 211 Å². The van der Waals surface area contributed by atoms with E-state index in [4.69, 9.17) is 14.2 Å². The van der Waals surface area contributed by atoms with Gasteiger partial charge in [0.2, 0.25) is 5.90 Å². The van der Waals surface area contributed by atoms with Crippen LogP contribution in [0, 0.1) is 10.1 Å². The number of nitrogens with zero attached hydrogens (tertiary/aromatic N) is 2. The number of nitro benzene ring substituents is 1. The molecule has 172 valence electrons. The summed E-state index contributed by atoms with van der Waals surface area (Å²) in [6.45, 7) is 0.101. The number of halogens is 2. The summed E-state index contributed by atoms with van der Waals surface area (Å²) in [5.74, 6) is 0.505. The summed E-state index contributed by atoms with van der Waals surface area (Å²) in [5.41, 5.74) is 2.10. The number of methoxy groups -OCH3 is 1. The first-order valence-electron chi connectivity index (χ1n) is 9.86. The minimum absolute atomic E-state index is 0.0133. The number of benzene rings is 3. The molecule has 0 saturated carbocycles. The van der Waals surface area contributed by atoms with E-state index in [0.717, 1.165) is 4.47 Å². The van der Waals surface area contributed by atoms with Crippen molar-refractivity contribution in [1.29, 1.82) is 0 Å². The van der Waals surface area contributed by atoms with Crippen LogP contribution in [0.15, 0.2) is 80.3 Å². The number of cyclic esters (lactones) is 1. The van der Waals surface area contributed by atoms with Crippen LogP contribution in [0.5, 0.6) is 11.5 Å². The van der Waals surface area contributed by atoms with E-state index < -0.39 is 10.9 Å². The zero-order valence-electron chi connectivity index (χ0n) is 17.7. The fourth-order valence-corrected chi connectivity index (χ4v) is 4.00. The van der Waals surface area contributed by atoms with Gasteiger partial charge in [-0.3, -0.25) is 10.1 Å². The minimum Gasteiger partial charge on any atom is -0.493 e. The van der Waals surface area contributed by atoms with Crippen molar-refractivity contribution in [3.8, 4) is 11.5 Å². The maximum atomic E-state index is 12.3. The van der Waals surface area contributed by atoms with Crippen LogP contribution < -0.4 is 9.47 Å². The molecule has 10 heteroatoms. The number of ether oxygens (including phenoxy) is 3. The van der Waals surface area contributed by atoms with Crippen molar-refractivity contribution in [3.63, 3.8) is 0 Å². The lowest BCUT2D eigenvalue weighted by Gasteiger charge is -2.13. The van der Waals surface area contributed by atoms with Crippen LogP contribution in [-0.4, -0.2) is 23.9 Å². The van der Waals surface area contributed by atoms with E-state index in [9.17, 15) is 14.9 Å². The van der Waals surface area contributed by atoms with Crippen LogP contribution in [0.1, 0.15) is 16.7 Å². The Bertz CT molecular complexity index is 1340. The molecule has 0 unspecified atom stereocenters. The fourth-order valence-electron chi connectivity index (χ4n) is 3.16. The van der Waals surface area contributed by atoms with Gasteiger partial charge in [0.25, 0.3) is 5.69 Å². The molecule has 4 rings (SSSR count). The van der Waals surface area contributed by atoms with E-state index in [1.54, 1.807) is 42.5 Å². The predicted molar refractivity (Wildman–Crippen MR) is 133 cm³/mol. The number of hydrogen-bond acceptors (Lipinski definition) is 7.